The molecule has 7 nitrogen and oxygen atoms in total. The van der Waals surface area contributed by atoms with Gasteiger partial charge in [0.05, 0.1) is 11.3 Å². The van der Waals surface area contributed by atoms with E-state index in [0.29, 0.717) is 5.82 Å². The minimum absolute atomic E-state index is 0.357. The summed E-state index contributed by atoms with van der Waals surface area (Å²) in [4.78, 5) is 16.8. The first-order chi connectivity index (χ1) is 12.4. The molecular formula is C19H20N6O. The summed E-state index contributed by atoms with van der Waals surface area (Å²) < 4.78 is 1.44. The maximum Gasteiger partial charge on any atom is 0.346 e. The summed E-state index contributed by atoms with van der Waals surface area (Å²) in [6.07, 6.45) is 0. The molecule has 132 valence electrons. The molecule has 3 aromatic rings. The topological polar surface area (TPSA) is 102 Å². The molecule has 0 saturated carbocycles. The lowest BCUT2D eigenvalue weighted by molar-refractivity contribution is 0.278. The number of aromatic nitrogens is 4. The average molecular weight is 348 g/mol. The molecule has 4 rings (SSSR count). The van der Waals surface area contributed by atoms with Crippen LogP contribution in [0.2, 0.25) is 0 Å². The van der Waals surface area contributed by atoms with E-state index in [4.69, 9.17) is 5.73 Å². The van der Waals surface area contributed by atoms with E-state index >= 15 is 0 Å². The number of rotatable bonds is 2. The SMILES string of the molecule is Cc1cc(C2=C(c3ccccc3)NC(C)(N)n3c2n[nH]c3=O)cc(C)n1. The zero-order valence-electron chi connectivity index (χ0n) is 14.9. The van der Waals surface area contributed by atoms with Crippen molar-refractivity contribution in [1.82, 2.24) is 25.1 Å². The molecule has 2 aromatic heterocycles. The van der Waals surface area contributed by atoms with Crippen LogP contribution >= 0.6 is 0 Å². The first-order valence-electron chi connectivity index (χ1n) is 8.37. The second kappa shape index (κ2) is 5.67. The zero-order chi connectivity index (χ0) is 18.5. The Morgan fingerprint density at radius 1 is 1.08 bits per heavy atom. The van der Waals surface area contributed by atoms with Crippen LogP contribution in [0.3, 0.4) is 0 Å². The highest BCUT2D eigenvalue weighted by Gasteiger charge is 2.36. The summed E-state index contributed by atoms with van der Waals surface area (Å²) >= 11 is 0. The molecule has 1 atom stereocenters. The monoisotopic (exact) mass is 348 g/mol. The van der Waals surface area contributed by atoms with Gasteiger partial charge in [-0.15, -0.1) is 0 Å². The number of hydrogen-bond donors (Lipinski definition) is 3. The van der Waals surface area contributed by atoms with Crippen LogP contribution in [0, 0.1) is 13.8 Å². The van der Waals surface area contributed by atoms with Gasteiger partial charge in [0.25, 0.3) is 0 Å². The highest BCUT2D eigenvalue weighted by atomic mass is 16.2. The van der Waals surface area contributed by atoms with Crippen LogP contribution in [-0.2, 0) is 5.79 Å². The van der Waals surface area contributed by atoms with E-state index in [1.54, 1.807) is 6.92 Å². The number of pyridine rings is 1. The molecule has 0 fully saturated rings. The van der Waals surface area contributed by atoms with Crippen molar-refractivity contribution >= 4 is 11.3 Å². The smallest absolute Gasteiger partial charge is 0.346 e. The van der Waals surface area contributed by atoms with Gasteiger partial charge in [-0.25, -0.2) is 14.5 Å². The zero-order valence-corrected chi connectivity index (χ0v) is 14.9. The van der Waals surface area contributed by atoms with E-state index in [-0.39, 0.29) is 5.69 Å². The molecule has 1 unspecified atom stereocenters. The summed E-state index contributed by atoms with van der Waals surface area (Å²) in [5.41, 5.74) is 11.4. The normalized spacial score (nSPS) is 19.2. The predicted octanol–water partition coefficient (Wildman–Crippen LogP) is 1.69. The van der Waals surface area contributed by atoms with Crippen LogP contribution in [-0.4, -0.2) is 19.7 Å². The lowest BCUT2D eigenvalue weighted by Crippen LogP contribution is -2.58. The van der Waals surface area contributed by atoms with Gasteiger partial charge in [-0.3, -0.25) is 10.7 Å². The Bertz CT molecular complexity index is 1050. The summed E-state index contributed by atoms with van der Waals surface area (Å²) in [7, 11) is 0. The fraction of sp³-hybridized carbons (Fsp3) is 0.211. The third-order valence-electron chi connectivity index (χ3n) is 4.42. The number of nitrogens with two attached hydrogens (primary N) is 1. The highest BCUT2D eigenvalue weighted by Crippen LogP contribution is 2.35. The van der Waals surface area contributed by atoms with Gasteiger partial charge in [-0.05, 0) is 44.0 Å². The Kier molecular flexibility index (Phi) is 3.55. The summed E-state index contributed by atoms with van der Waals surface area (Å²) in [5, 5.41) is 10.1. The molecule has 0 amide bonds. The first kappa shape index (κ1) is 16.3. The molecule has 0 bridgehead atoms. The predicted molar refractivity (Wildman–Crippen MR) is 99.9 cm³/mol. The number of benzene rings is 1. The highest BCUT2D eigenvalue weighted by molar-refractivity contribution is 5.97. The van der Waals surface area contributed by atoms with Gasteiger partial charge in [-0.1, -0.05) is 30.3 Å². The maximum absolute atomic E-state index is 12.3. The van der Waals surface area contributed by atoms with E-state index in [9.17, 15) is 4.79 Å². The minimum atomic E-state index is -1.11. The van der Waals surface area contributed by atoms with Gasteiger partial charge < -0.3 is 5.32 Å². The molecule has 1 aromatic carbocycles. The van der Waals surface area contributed by atoms with Gasteiger partial charge in [-0.2, -0.15) is 5.10 Å². The second-order valence-corrected chi connectivity index (χ2v) is 6.71. The number of H-pyrrole nitrogens is 1. The maximum atomic E-state index is 12.3. The minimum Gasteiger partial charge on any atom is -0.349 e. The molecular weight excluding hydrogens is 328 g/mol. The lowest BCUT2D eigenvalue weighted by Gasteiger charge is -2.36. The molecule has 3 heterocycles. The van der Waals surface area contributed by atoms with Crippen molar-refractivity contribution in [3.63, 3.8) is 0 Å². The van der Waals surface area contributed by atoms with Gasteiger partial charge in [0.2, 0.25) is 0 Å². The number of aryl methyl sites for hydroxylation is 2. The number of hydrogen-bond acceptors (Lipinski definition) is 5. The number of nitrogens with zero attached hydrogens (tertiary/aromatic N) is 3. The van der Waals surface area contributed by atoms with Gasteiger partial charge in [0.1, 0.15) is 0 Å². The van der Waals surface area contributed by atoms with Crippen molar-refractivity contribution in [2.24, 2.45) is 5.73 Å². The molecule has 0 spiro atoms. The fourth-order valence-electron chi connectivity index (χ4n) is 3.45. The molecule has 0 saturated heterocycles. The summed E-state index contributed by atoms with van der Waals surface area (Å²) in [6.45, 7) is 5.64. The van der Waals surface area contributed by atoms with Crippen LogP contribution < -0.4 is 16.7 Å². The Hall–Kier alpha value is -3.19. The largest absolute Gasteiger partial charge is 0.349 e. The molecule has 1 aliphatic heterocycles. The third-order valence-corrected chi connectivity index (χ3v) is 4.42. The standard InChI is InChI=1S/C19H20N6O/c1-11-9-14(10-12(2)21-11)15-16(13-7-5-4-6-8-13)22-19(3,20)25-17(15)23-24-18(25)26/h4-10,22H,20H2,1-3H3,(H,24,26). The Labute approximate surface area is 150 Å². The van der Waals surface area contributed by atoms with Crippen LogP contribution in [0.1, 0.15) is 35.3 Å². The van der Waals surface area contributed by atoms with E-state index in [1.165, 1.54) is 4.57 Å². The van der Waals surface area contributed by atoms with E-state index < -0.39 is 5.79 Å². The van der Waals surface area contributed by atoms with Crippen molar-refractivity contribution in [2.45, 2.75) is 26.6 Å². The van der Waals surface area contributed by atoms with Crippen LogP contribution in [0.15, 0.2) is 47.3 Å². The van der Waals surface area contributed by atoms with Crippen molar-refractivity contribution in [3.8, 4) is 0 Å². The Morgan fingerprint density at radius 2 is 1.73 bits per heavy atom. The van der Waals surface area contributed by atoms with Gasteiger partial charge >= 0.3 is 5.69 Å². The van der Waals surface area contributed by atoms with Crippen molar-refractivity contribution in [3.05, 3.63) is 81.3 Å². The van der Waals surface area contributed by atoms with Gasteiger partial charge in [0, 0.05) is 11.4 Å². The van der Waals surface area contributed by atoms with Crippen LogP contribution in [0.5, 0.6) is 0 Å². The summed E-state index contributed by atoms with van der Waals surface area (Å²) in [5.74, 6) is -0.604. The lowest BCUT2D eigenvalue weighted by atomic mass is 9.95. The van der Waals surface area contributed by atoms with E-state index in [0.717, 1.165) is 33.8 Å². The fourth-order valence-corrected chi connectivity index (χ4v) is 3.45. The van der Waals surface area contributed by atoms with Gasteiger partial charge in [0.15, 0.2) is 11.6 Å². The van der Waals surface area contributed by atoms with Crippen molar-refractivity contribution in [2.75, 3.05) is 0 Å². The molecule has 1 aliphatic rings. The summed E-state index contributed by atoms with van der Waals surface area (Å²) in [6, 6.07) is 13.8. The second-order valence-electron chi connectivity index (χ2n) is 6.71. The van der Waals surface area contributed by atoms with Crippen LogP contribution in [0.25, 0.3) is 11.3 Å². The van der Waals surface area contributed by atoms with Crippen molar-refractivity contribution in [1.29, 1.82) is 0 Å². The number of nitrogens with one attached hydrogen (secondary N) is 2. The van der Waals surface area contributed by atoms with Crippen LogP contribution in [0.4, 0.5) is 0 Å². The van der Waals surface area contributed by atoms with E-state index in [1.807, 2.05) is 56.3 Å². The third kappa shape index (κ3) is 2.53. The number of fused-ring (bicyclic) bond motifs is 1. The van der Waals surface area contributed by atoms with Crippen molar-refractivity contribution < 1.29 is 0 Å². The average Bonchev–Trinajstić information content (AvgIpc) is 2.97. The molecule has 4 N–H and O–H groups in total. The molecule has 7 heteroatoms. The first-order valence-corrected chi connectivity index (χ1v) is 8.37. The molecule has 0 radical (unpaired) electrons. The van der Waals surface area contributed by atoms with E-state index in [2.05, 4.69) is 20.5 Å². The Balaban J connectivity index is 2.09. The Morgan fingerprint density at radius 3 is 2.38 bits per heavy atom. The molecule has 26 heavy (non-hydrogen) atoms. The number of aromatic amines is 1. The quantitative estimate of drug-likeness (QED) is 0.654. The molecule has 0 aliphatic carbocycles.